The Kier molecular flexibility index (Phi) is 3.84. The van der Waals surface area contributed by atoms with E-state index in [1.54, 1.807) is 11.8 Å². The molecule has 0 radical (unpaired) electrons. The fourth-order valence-corrected chi connectivity index (χ4v) is 1.90. The van der Waals surface area contributed by atoms with E-state index in [1.165, 1.54) is 0 Å². The third-order valence-corrected chi connectivity index (χ3v) is 2.92. The second-order valence-electron chi connectivity index (χ2n) is 2.76. The van der Waals surface area contributed by atoms with Gasteiger partial charge in [0.1, 0.15) is 6.04 Å². The average molecular weight is 191 g/mol. The molecule has 0 aromatic rings. The lowest BCUT2D eigenvalue weighted by molar-refractivity contribution is -0.138. The molecule has 5 heteroatoms. The molecule has 1 atom stereocenters. The summed E-state index contributed by atoms with van der Waals surface area (Å²) in [4.78, 5) is 10.3. The molecule has 1 rings (SSSR count). The lowest BCUT2D eigenvalue weighted by Crippen LogP contribution is -2.33. The van der Waals surface area contributed by atoms with Gasteiger partial charge in [0.15, 0.2) is 0 Å². The fraction of sp³-hybridized carbons (Fsp3) is 0.857. The molecule has 1 aliphatic heterocycles. The summed E-state index contributed by atoms with van der Waals surface area (Å²) in [5.41, 5.74) is 5.32. The molecule has 12 heavy (non-hydrogen) atoms. The Bertz CT molecular complexity index is 161. The lowest BCUT2D eigenvalue weighted by Gasteiger charge is -2.25. The third kappa shape index (κ3) is 3.00. The van der Waals surface area contributed by atoms with Crippen molar-refractivity contribution in [2.75, 3.05) is 19.0 Å². The molecule has 1 saturated heterocycles. The van der Waals surface area contributed by atoms with Crippen LogP contribution in [-0.4, -0.2) is 41.3 Å². The van der Waals surface area contributed by atoms with Crippen LogP contribution in [-0.2, 0) is 9.53 Å². The molecule has 3 N–H and O–H groups in total. The van der Waals surface area contributed by atoms with Crippen LogP contribution < -0.4 is 5.73 Å². The Morgan fingerprint density at radius 3 is 2.83 bits per heavy atom. The summed E-state index contributed by atoms with van der Waals surface area (Å²) < 4.78 is 4.97. The zero-order valence-corrected chi connectivity index (χ0v) is 7.55. The molecule has 1 unspecified atom stereocenters. The van der Waals surface area contributed by atoms with Crippen LogP contribution in [0.5, 0.6) is 0 Å². The summed E-state index contributed by atoms with van der Waals surface area (Å²) >= 11 is 1.74. The van der Waals surface area contributed by atoms with E-state index >= 15 is 0 Å². The van der Waals surface area contributed by atoms with E-state index in [1.807, 2.05) is 0 Å². The Morgan fingerprint density at radius 1 is 1.75 bits per heavy atom. The van der Waals surface area contributed by atoms with E-state index in [0.717, 1.165) is 19.0 Å². The van der Waals surface area contributed by atoms with Crippen molar-refractivity contribution in [3.8, 4) is 0 Å². The van der Waals surface area contributed by atoms with Crippen molar-refractivity contribution in [2.24, 2.45) is 5.73 Å². The van der Waals surface area contributed by atoms with Crippen LogP contribution in [0.1, 0.15) is 6.42 Å². The van der Waals surface area contributed by atoms with Crippen molar-refractivity contribution in [1.29, 1.82) is 0 Å². The van der Waals surface area contributed by atoms with Crippen LogP contribution >= 0.6 is 11.8 Å². The summed E-state index contributed by atoms with van der Waals surface area (Å²) in [5.74, 6) is -0.109. The Labute approximate surface area is 75.5 Å². The number of rotatable bonds is 5. The number of hydrogen-bond acceptors (Lipinski definition) is 4. The van der Waals surface area contributed by atoms with Gasteiger partial charge in [-0.2, -0.15) is 11.8 Å². The van der Waals surface area contributed by atoms with Gasteiger partial charge in [-0.1, -0.05) is 0 Å². The topological polar surface area (TPSA) is 72.5 Å². The van der Waals surface area contributed by atoms with Crippen LogP contribution in [0.3, 0.4) is 0 Å². The number of hydrogen-bond donors (Lipinski definition) is 2. The van der Waals surface area contributed by atoms with Gasteiger partial charge in [0.2, 0.25) is 0 Å². The van der Waals surface area contributed by atoms with Crippen molar-refractivity contribution < 1.29 is 14.6 Å². The molecule has 0 bridgehead atoms. The maximum absolute atomic E-state index is 10.3. The summed E-state index contributed by atoms with van der Waals surface area (Å²) in [6, 6.07) is -0.710. The van der Waals surface area contributed by atoms with Crippen LogP contribution in [0, 0.1) is 0 Å². The SMILES string of the molecule is NC(CCSC1COC1)C(=O)O. The summed E-state index contributed by atoms with van der Waals surface area (Å²) in [5, 5.41) is 9.02. The minimum absolute atomic E-state index is 0.538. The van der Waals surface area contributed by atoms with Gasteiger partial charge in [-0.15, -0.1) is 0 Å². The number of carboxylic acids is 1. The number of thioether (sulfide) groups is 1. The molecule has 0 aliphatic carbocycles. The second-order valence-corrected chi connectivity index (χ2v) is 4.17. The normalized spacial score (nSPS) is 20.1. The molecule has 70 valence electrons. The van der Waals surface area contributed by atoms with Gasteiger partial charge in [-0.3, -0.25) is 4.79 Å². The first-order chi connectivity index (χ1) is 5.70. The van der Waals surface area contributed by atoms with E-state index in [9.17, 15) is 4.79 Å². The van der Waals surface area contributed by atoms with Crippen LogP contribution in [0.15, 0.2) is 0 Å². The van der Waals surface area contributed by atoms with Gasteiger partial charge < -0.3 is 15.6 Å². The predicted octanol–water partition coefficient (Wildman–Crippen LogP) is -0.0796. The quantitative estimate of drug-likeness (QED) is 0.636. The van der Waals surface area contributed by atoms with Gasteiger partial charge in [0, 0.05) is 0 Å². The second kappa shape index (κ2) is 4.69. The van der Waals surface area contributed by atoms with E-state index in [-0.39, 0.29) is 0 Å². The molecule has 0 aromatic heterocycles. The monoisotopic (exact) mass is 191 g/mol. The van der Waals surface area contributed by atoms with E-state index < -0.39 is 12.0 Å². The molecular formula is C7H13NO3S. The summed E-state index contributed by atoms with van der Waals surface area (Å²) in [6.45, 7) is 1.60. The van der Waals surface area contributed by atoms with Crippen LogP contribution in [0.4, 0.5) is 0 Å². The maximum atomic E-state index is 10.3. The standard InChI is InChI=1S/C7H13NO3S/c8-6(7(9)10)1-2-12-5-3-11-4-5/h5-6H,1-4,8H2,(H,9,10). The van der Waals surface area contributed by atoms with Gasteiger partial charge in [-0.25, -0.2) is 0 Å². The zero-order chi connectivity index (χ0) is 8.97. The van der Waals surface area contributed by atoms with Crippen LogP contribution in [0.2, 0.25) is 0 Å². The predicted molar refractivity (Wildman–Crippen MR) is 47.3 cm³/mol. The van der Waals surface area contributed by atoms with Crippen molar-refractivity contribution in [2.45, 2.75) is 17.7 Å². The highest BCUT2D eigenvalue weighted by Crippen LogP contribution is 2.19. The summed E-state index contributed by atoms with van der Waals surface area (Å²) in [7, 11) is 0. The maximum Gasteiger partial charge on any atom is 0.320 e. The highest BCUT2D eigenvalue weighted by atomic mass is 32.2. The van der Waals surface area contributed by atoms with Crippen molar-refractivity contribution in [3.63, 3.8) is 0 Å². The van der Waals surface area contributed by atoms with E-state index in [4.69, 9.17) is 15.6 Å². The number of aliphatic carboxylic acids is 1. The molecule has 0 saturated carbocycles. The highest BCUT2D eigenvalue weighted by Gasteiger charge is 2.19. The summed E-state index contributed by atoms with van der Waals surface area (Å²) in [6.07, 6.45) is 0.538. The number of carbonyl (C=O) groups is 1. The molecule has 0 spiro atoms. The number of nitrogens with two attached hydrogens (primary N) is 1. The minimum atomic E-state index is -0.916. The first-order valence-electron chi connectivity index (χ1n) is 3.88. The molecule has 1 heterocycles. The molecule has 0 amide bonds. The lowest BCUT2D eigenvalue weighted by atomic mass is 10.2. The zero-order valence-electron chi connectivity index (χ0n) is 6.73. The van der Waals surface area contributed by atoms with Gasteiger partial charge >= 0.3 is 5.97 Å². The van der Waals surface area contributed by atoms with Gasteiger partial charge in [0.25, 0.3) is 0 Å². The van der Waals surface area contributed by atoms with Gasteiger partial charge in [0.05, 0.1) is 18.5 Å². The molecule has 1 fully saturated rings. The van der Waals surface area contributed by atoms with Crippen LogP contribution in [0.25, 0.3) is 0 Å². The average Bonchev–Trinajstić information content (AvgIpc) is 1.93. The molecule has 0 aromatic carbocycles. The highest BCUT2D eigenvalue weighted by molar-refractivity contribution is 8.00. The molecular weight excluding hydrogens is 178 g/mol. The Hall–Kier alpha value is -0.260. The van der Waals surface area contributed by atoms with Crippen molar-refractivity contribution in [1.82, 2.24) is 0 Å². The van der Waals surface area contributed by atoms with Crippen molar-refractivity contribution >= 4 is 17.7 Å². The Morgan fingerprint density at radius 2 is 2.42 bits per heavy atom. The first-order valence-corrected chi connectivity index (χ1v) is 4.92. The van der Waals surface area contributed by atoms with E-state index in [0.29, 0.717) is 11.7 Å². The minimum Gasteiger partial charge on any atom is -0.480 e. The largest absolute Gasteiger partial charge is 0.480 e. The number of ether oxygens (including phenoxy) is 1. The van der Waals surface area contributed by atoms with Crippen molar-refractivity contribution in [3.05, 3.63) is 0 Å². The van der Waals surface area contributed by atoms with E-state index in [2.05, 4.69) is 0 Å². The third-order valence-electron chi connectivity index (χ3n) is 1.71. The molecule has 1 aliphatic rings. The number of carboxylic acid groups (broad SMARTS) is 1. The molecule has 4 nitrogen and oxygen atoms in total. The fourth-order valence-electron chi connectivity index (χ4n) is 0.795. The Balaban J connectivity index is 1.97. The smallest absolute Gasteiger partial charge is 0.320 e. The van der Waals surface area contributed by atoms with Gasteiger partial charge in [-0.05, 0) is 12.2 Å². The first kappa shape index (κ1) is 9.83.